The van der Waals surface area contributed by atoms with Gasteiger partial charge in [0.05, 0.1) is 25.7 Å². The van der Waals surface area contributed by atoms with Gasteiger partial charge >= 0.3 is 5.97 Å². The summed E-state index contributed by atoms with van der Waals surface area (Å²) in [5.41, 5.74) is 0. The molecule has 136 valence electrons. The molecule has 5 atom stereocenters. The van der Waals surface area contributed by atoms with Gasteiger partial charge in [0.25, 0.3) is 0 Å². The number of methoxy groups -OCH3 is 2. The van der Waals surface area contributed by atoms with E-state index in [0.29, 0.717) is 0 Å². The maximum Gasteiger partial charge on any atom is 0.308 e. The van der Waals surface area contributed by atoms with Gasteiger partial charge in [-0.25, -0.2) is 0 Å². The Morgan fingerprint density at radius 3 is 2.13 bits per heavy atom. The number of hydrogen-bond donors (Lipinski definition) is 0. The van der Waals surface area contributed by atoms with Crippen molar-refractivity contribution in [2.24, 2.45) is 11.8 Å². The number of ether oxygens (including phenoxy) is 3. The highest BCUT2D eigenvalue weighted by Gasteiger charge is 2.48. The summed E-state index contributed by atoms with van der Waals surface area (Å²) < 4.78 is 22.9. The quantitative estimate of drug-likeness (QED) is 0.562. The molecule has 0 aliphatic carbocycles. The summed E-state index contributed by atoms with van der Waals surface area (Å²) in [7, 11) is 1.11. The molecule has 1 rings (SSSR count). The molecule has 6 heteroatoms. The minimum absolute atomic E-state index is 0.00393. The molecule has 0 N–H and O–H groups in total. The Kier molecular flexibility index (Phi) is 6.84. The lowest BCUT2D eigenvalue weighted by atomic mass is 9.84. The fourth-order valence-corrected chi connectivity index (χ4v) is 4.21. The summed E-state index contributed by atoms with van der Waals surface area (Å²) in [6.07, 6.45) is -0.389. The summed E-state index contributed by atoms with van der Waals surface area (Å²) in [5, 5.41) is 0.130. The van der Waals surface area contributed by atoms with Crippen LogP contribution in [0.4, 0.5) is 0 Å². The van der Waals surface area contributed by atoms with Crippen LogP contribution in [0.3, 0.4) is 0 Å². The first-order chi connectivity index (χ1) is 10.4. The topological polar surface area (TPSA) is 54.0 Å². The second-order valence-corrected chi connectivity index (χ2v) is 12.9. The van der Waals surface area contributed by atoms with Crippen molar-refractivity contribution in [2.75, 3.05) is 14.2 Å². The van der Waals surface area contributed by atoms with Crippen LogP contribution in [0, 0.1) is 11.8 Å². The van der Waals surface area contributed by atoms with E-state index in [1.54, 1.807) is 7.11 Å². The summed E-state index contributed by atoms with van der Waals surface area (Å²) in [4.78, 5) is 11.7. The second-order valence-electron chi connectivity index (χ2n) is 8.12. The van der Waals surface area contributed by atoms with Crippen LogP contribution >= 0.6 is 0 Å². The lowest BCUT2D eigenvalue weighted by Crippen LogP contribution is -2.56. The molecule has 1 saturated heterocycles. The Morgan fingerprint density at radius 2 is 1.70 bits per heavy atom. The Hall–Kier alpha value is -0.433. The van der Waals surface area contributed by atoms with E-state index < -0.39 is 8.32 Å². The van der Waals surface area contributed by atoms with Gasteiger partial charge in [-0.2, -0.15) is 0 Å². The number of rotatable bonds is 5. The Morgan fingerprint density at radius 1 is 1.13 bits per heavy atom. The molecule has 0 bridgehead atoms. The molecule has 0 spiro atoms. The first kappa shape index (κ1) is 20.6. The van der Waals surface area contributed by atoms with Gasteiger partial charge < -0.3 is 18.6 Å². The van der Waals surface area contributed by atoms with E-state index in [1.807, 2.05) is 0 Å². The van der Waals surface area contributed by atoms with Crippen molar-refractivity contribution in [3.05, 3.63) is 0 Å². The SMILES string of the molecule is COC(=O)C[C@H]1O[C@@H](OC)[C@H](C)[C@@H](O[Si](C)(C)C(C)(C)C)[C@H]1C. The van der Waals surface area contributed by atoms with E-state index in [-0.39, 0.29) is 47.8 Å². The van der Waals surface area contributed by atoms with Crippen LogP contribution in [0.25, 0.3) is 0 Å². The molecule has 0 aromatic rings. The first-order valence-corrected chi connectivity index (χ1v) is 11.3. The van der Waals surface area contributed by atoms with Crippen molar-refractivity contribution in [3.8, 4) is 0 Å². The molecule has 0 aromatic carbocycles. The second kappa shape index (κ2) is 7.63. The van der Waals surface area contributed by atoms with Gasteiger partial charge in [0, 0.05) is 18.9 Å². The molecule has 23 heavy (non-hydrogen) atoms. The van der Waals surface area contributed by atoms with Crippen LogP contribution in [-0.4, -0.2) is 47.0 Å². The number of carbonyl (C=O) groups excluding carboxylic acids is 1. The maximum absolute atomic E-state index is 11.7. The standard InChI is InChI=1S/C17H34O5Si/c1-11-13(10-14(18)19-6)21-16(20-7)12(2)15(11)22-23(8,9)17(3,4)5/h11-13,15-16H,10H2,1-9H3/t11-,12+,13+,15-,16+/m0/s1. The summed E-state index contributed by atoms with van der Waals surface area (Å²) in [6.45, 7) is 15.4. The van der Waals surface area contributed by atoms with Gasteiger partial charge in [0.15, 0.2) is 14.6 Å². The molecule has 1 aliphatic rings. The average Bonchev–Trinajstić information content (AvgIpc) is 2.45. The maximum atomic E-state index is 11.7. The first-order valence-electron chi connectivity index (χ1n) is 8.37. The van der Waals surface area contributed by atoms with Crippen LogP contribution in [0.15, 0.2) is 0 Å². The summed E-state index contributed by atoms with van der Waals surface area (Å²) in [6, 6.07) is 0. The third-order valence-electron chi connectivity index (χ3n) is 5.43. The van der Waals surface area contributed by atoms with Crippen molar-refractivity contribution in [1.29, 1.82) is 0 Å². The summed E-state index contributed by atoms with van der Waals surface area (Å²) in [5.74, 6) is -0.0556. The Balaban J connectivity index is 2.99. The summed E-state index contributed by atoms with van der Waals surface area (Å²) >= 11 is 0. The Labute approximate surface area is 142 Å². The van der Waals surface area contributed by atoms with E-state index in [1.165, 1.54) is 7.11 Å². The predicted molar refractivity (Wildman–Crippen MR) is 92.7 cm³/mol. The number of hydrogen-bond acceptors (Lipinski definition) is 5. The smallest absolute Gasteiger partial charge is 0.308 e. The van der Waals surface area contributed by atoms with Crippen molar-refractivity contribution in [3.63, 3.8) is 0 Å². The van der Waals surface area contributed by atoms with E-state index >= 15 is 0 Å². The molecule has 0 amide bonds. The minimum atomic E-state index is -1.92. The largest absolute Gasteiger partial charge is 0.469 e. The van der Waals surface area contributed by atoms with E-state index in [9.17, 15) is 4.79 Å². The van der Waals surface area contributed by atoms with Crippen LogP contribution in [0.2, 0.25) is 18.1 Å². The van der Waals surface area contributed by atoms with Crippen LogP contribution in [0.5, 0.6) is 0 Å². The molecular weight excluding hydrogens is 312 g/mol. The Bertz CT molecular complexity index is 404. The average molecular weight is 347 g/mol. The highest BCUT2D eigenvalue weighted by atomic mass is 28.4. The number of carbonyl (C=O) groups is 1. The molecule has 0 aromatic heterocycles. The molecule has 0 saturated carbocycles. The van der Waals surface area contributed by atoms with Gasteiger partial charge in [0.2, 0.25) is 0 Å². The van der Waals surface area contributed by atoms with Crippen LogP contribution < -0.4 is 0 Å². The highest BCUT2D eigenvalue weighted by Crippen LogP contribution is 2.42. The van der Waals surface area contributed by atoms with E-state index in [0.717, 1.165) is 0 Å². The fraction of sp³-hybridized carbons (Fsp3) is 0.941. The normalized spacial score (nSPS) is 32.7. The zero-order chi connectivity index (χ0) is 18.0. The monoisotopic (exact) mass is 346 g/mol. The molecular formula is C17H34O5Si. The molecule has 0 radical (unpaired) electrons. The zero-order valence-corrected chi connectivity index (χ0v) is 17.1. The molecule has 1 heterocycles. The minimum Gasteiger partial charge on any atom is -0.469 e. The van der Waals surface area contributed by atoms with Gasteiger partial charge in [-0.05, 0) is 18.1 Å². The molecule has 1 aliphatic heterocycles. The lowest BCUT2D eigenvalue weighted by molar-refractivity contribution is -0.251. The van der Waals surface area contributed by atoms with Crippen molar-refractivity contribution in [2.45, 2.75) is 77.7 Å². The molecule has 5 nitrogen and oxygen atoms in total. The van der Waals surface area contributed by atoms with Crippen LogP contribution in [0.1, 0.15) is 41.0 Å². The zero-order valence-electron chi connectivity index (χ0n) is 16.1. The third kappa shape index (κ3) is 4.78. The molecule has 0 unspecified atom stereocenters. The highest BCUT2D eigenvalue weighted by molar-refractivity contribution is 6.74. The lowest BCUT2D eigenvalue weighted by Gasteiger charge is -2.48. The predicted octanol–water partition coefficient (Wildman–Crippen LogP) is 3.58. The third-order valence-corrected chi connectivity index (χ3v) is 9.90. The van der Waals surface area contributed by atoms with Crippen molar-refractivity contribution < 1.29 is 23.4 Å². The van der Waals surface area contributed by atoms with Gasteiger partial charge in [0.1, 0.15) is 0 Å². The van der Waals surface area contributed by atoms with Gasteiger partial charge in [-0.1, -0.05) is 34.6 Å². The van der Waals surface area contributed by atoms with Gasteiger partial charge in [-0.3, -0.25) is 4.79 Å². The van der Waals surface area contributed by atoms with Crippen molar-refractivity contribution >= 4 is 14.3 Å². The van der Waals surface area contributed by atoms with Crippen molar-refractivity contribution in [1.82, 2.24) is 0 Å². The molecule has 1 fully saturated rings. The van der Waals surface area contributed by atoms with Gasteiger partial charge in [-0.15, -0.1) is 0 Å². The van der Waals surface area contributed by atoms with E-state index in [2.05, 4.69) is 47.7 Å². The van der Waals surface area contributed by atoms with Crippen LogP contribution in [-0.2, 0) is 23.4 Å². The number of esters is 1. The van der Waals surface area contributed by atoms with E-state index in [4.69, 9.17) is 18.6 Å². The fourth-order valence-electron chi connectivity index (χ4n) is 2.75.